The van der Waals surface area contributed by atoms with Crippen LogP contribution in [0.1, 0.15) is 30.1 Å². The number of amides is 1. The lowest BCUT2D eigenvalue weighted by molar-refractivity contribution is 0.0787. The molecule has 2 heterocycles. The van der Waals surface area contributed by atoms with Gasteiger partial charge in [0.1, 0.15) is 11.0 Å². The fourth-order valence-corrected chi connectivity index (χ4v) is 2.49. The lowest BCUT2D eigenvalue weighted by Crippen LogP contribution is -2.28. The summed E-state index contributed by atoms with van der Waals surface area (Å²) in [6, 6.07) is 3.37. The molecule has 1 saturated heterocycles. The standard InChI is InChI=1S/C13H18ClN3O/c1-3-9-4-5-17(8-9)13(18)10-6-11(14)16-12(7-10)15-2/h6-7,9H,3-5,8H2,1-2H3,(H,15,16). The fraction of sp³-hybridized carbons (Fsp3) is 0.538. The maximum Gasteiger partial charge on any atom is 0.254 e. The summed E-state index contributed by atoms with van der Waals surface area (Å²) in [5.74, 6) is 1.30. The van der Waals surface area contributed by atoms with Crippen LogP contribution in [-0.4, -0.2) is 35.9 Å². The van der Waals surface area contributed by atoms with Gasteiger partial charge in [-0.2, -0.15) is 0 Å². The van der Waals surface area contributed by atoms with Crippen LogP contribution in [0.3, 0.4) is 0 Å². The van der Waals surface area contributed by atoms with Gasteiger partial charge < -0.3 is 10.2 Å². The summed E-state index contributed by atoms with van der Waals surface area (Å²) in [5, 5.41) is 3.25. The summed E-state index contributed by atoms with van der Waals surface area (Å²) in [4.78, 5) is 18.3. The first-order chi connectivity index (χ1) is 8.63. The van der Waals surface area contributed by atoms with Crippen LogP contribution in [0.25, 0.3) is 0 Å². The number of nitrogens with zero attached hydrogens (tertiary/aromatic N) is 2. The van der Waals surface area contributed by atoms with Crippen molar-refractivity contribution < 1.29 is 4.79 Å². The molecule has 1 aromatic heterocycles. The van der Waals surface area contributed by atoms with E-state index in [9.17, 15) is 4.79 Å². The van der Waals surface area contributed by atoms with Crippen molar-refractivity contribution >= 4 is 23.3 Å². The van der Waals surface area contributed by atoms with Crippen molar-refractivity contribution in [1.82, 2.24) is 9.88 Å². The van der Waals surface area contributed by atoms with E-state index in [0.29, 0.717) is 22.5 Å². The number of pyridine rings is 1. The molecule has 0 aliphatic carbocycles. The molecule has 1 N–H and O–H groups in total. The molecule has 1 atom stereocenters. The third-order valence-corrected chi connectivity index (χ3v) is 3.64. The normalized spacial score (nSPS) is 19.1. The van der Waals surface area contributed by atoms with E-state index in [4.69, 9.17) is 11.6 Å². The van der Waals surface area contributed by atoms with Gasteiger partial charge in [0.2, 0.25) is 0 Å². The summed E-state index contributed by atoms with van der Waals surface area (Å²) in [5.41, 5.74) is 0.608. The molecule has 0 radical (unpaired) electrons. The maximum atomic E-state index is 12.3. The molecule has 1 aliphatic heterocycles. The summed E-state index contributed by atoms with van der Waals surface area (Å²) >= 11 is 5.91. The Kier molecular flexibility index (Phi) is 4.07. The number of hydrogen-bond acceptors (Lipinski definition) is 3. The highest BCUT2D eigenvalue weighted by atomic mass is 35.5. The van der Waals surface area contributed by atoms with Crippen LogP contribution in [0.4, 0.5) is 5.82 Å². The van der Waals surface area contributed by atoms with Crippen LogP contribution in [0.5, 0.6) is 0 Å². The van der Waals surface area contributed by atoms with E-state index in [1.807, 2.05) is 4.90 Å². The second kappa shape index (κ2) is 5.57. The molecule has 4 nitrogen and oxygen atoms in total. The predicted octanol–water partition coefficient (Wildman–Crippen LogP) is 2.65. The average Bonchev–Trinajstić information content (AvgIpc) is 2.85. The molecule has 5 heteroatoms. The summed E-state index contributed by atoms with van der Waals surface area (Å²) in [7, 11) is 1.76. The summed E-state index contributed by atoms with van der Waals surface area (Å²) < 4.78 is 0. The zero-order valence-corrected chi connectivity index (χ0v) is 11.5. The highest BCUT2D eigenvalue weighted by Gasteiger charge is 2.26. The lowest BCUT2D eigenvalue weighted by Gasteiger charge is -2.16. The highest BCUT2D eigenvalue weighted by Crippen LogP contribution is 2.22. The van der Waals surface area contributed by atoms with Gasteiger partial charge in [0.05, 0.1) is 0 Å². The van der Waals surface area contributed by atoms with E-state index in [0.717, 1.165) is 25.9 Å². The number of rotatable bonds is 3. The number of likely N-dealkylation sites (tertiary alicyclic amines) is 1. The Morgan fingerprint density at radius 3 is 3.00 bits per heavy atom. The molecule has 2 rings (SSSR count). The van der Waals surface area contributed by atoms with Crippen LogP contribution in [0, 0.1) is 5.92 Å². The third kappa shape index (κ3) is 2.75. The first kappa shape index (κ1) is 13.1. The molecule has 1 aromatic rings. The van der Waals surface area contributed by atoms with E-state index in [1.165, 1.54) is 0 Å². The molecular weight excluding hydrogens is 250 g/mol. The predicted molar refractivity (Wildman–Crippen MR) is 73.1 cm³/mol. The van der Waals surface area contributed by atoms with Gasteiger partial charge in [-0.3, -0.25) is 4.79 Å². The van der Waals surface area contributed by atoms with Gasteiger partial charge >= 0.3 is 0 Å². The molecule has 1 amide bonds. The van der Waals surface area contributed by atoms with Gasteiger partial charge in [-0.25, -0.2) is 4.98 Å². The van der Waals surface area contributed by atoms with Crippen molar-refractivity contribution in [3.63, 3.8) is 0 Å². The Bertz CT molecular complexity index is 450. The Morgan fingerprint density at radius 1 is 1.61 bits per heavy atom. The zero-order chi connectivity index (χ0) is 13.1. The molecule has 0 saturated carbocycles. The molecule has 1 aliphatic rings. The van der Waals surface area contributed by atoms with Crippen LogP contribution >= 0.6 is 11.6 Å². The molecule has 0 aromatic carbocycles. The van der Waals surface area contributed by atoms with Crippen LogP contribution in [0.15, 0.2) is 12.1 Å². The van der Waals surface area contributed by atoms with Crippen LogP contribution < -0.4 is 5.32 Å². The van der Waals surface area contributed by atoms with E-state index in [1.54, 1.807) is 19.2 Å². The topological polar surface area (TPSA) is 45.2 Å². The first-order valence-corrected chi connectivity index (χ1v) is 6.66. The number of anilines is 1. The molecular formula is C13H18ClN3O. The maximum absolute atomic E-state index is 12.3. The van der Waals surface area contributed by atoms with Gasteiger partial charge in [-0.15, -0.1) is 0 Å². The zero-order valence-electron chi connectivity index (χ0n) is 10.7. The molecule has 18 heavy (non-hydrogen) atoms. The fourth-order valence-electron chi connectivity index (χ4n) is 2.28. The van der Waals surface area contributed by atoms with Crippen molar-refractivity contribution in [3.8, 4) is 0 Å². The minimum Gasteiger partial charge on any atom is -0.373 e. The second-order valence-corrected chi connectivity index (χ2v) is 5.02. The Hall–Kier alpha value is -1.29. The average molecular weight is 268 g/mol. The third-order valence-electron chi connectivity index (χ3n) is 3.45. The minimum atomic E-state index is 0.0479. The number of carbonyl (C=O) groups is 1. The number of carbonyl (C=O) groups excluding carboxylic acids is 1. The molecule has 1 fully saturated rings. The number of aromatic nitrogens is 1. The van der Waals surface area contributed by atoms with Crippen LogP contribution in [-0.2, 0) is 0 Å². The largest absolute Gasteiger partial charge is 0.373 e. The highest BCUT2D eigenvalue weighted by molar-refractivity contribution is 6.29. The van der Waals surface area contributed by atoms with E-state index < -0.39 is 0 Å². The molecule has 0 spiro atoms. The van der Waals surface area contributed by atoms with E-state index in [2.05, 4.69) is 17.2 Å². The van der Waals surface area contributed by atoms with Gasteiger partial charge in [-0.1, -0.05) is 24.9 Å². The van der Waals surface area contributed by atoms with E-state index >= 15 is 0 Å². The monoisotopic (exact) mass is 267 g/mol. The summed E-state index contributed by atoms with van der Waals surface area (Å²) in [6.45, 7) is 3.86. The van der Waals surface area contributed by atoms with Crippen molar-refractivity contribution in [3.05, 3.63) is 22.8 Å². The Balaban J connectivity index is 2.16. The molecule has 98 valence electrons. The number of hydrogen-bond donors (Lipinski definition) is 1. The smallest absolute Gasteiger partial charge is 0.254 e. The SMILES string of the molecule is CCC1CCN(C(=O)c2cc(Cl)nc(NC)c2)C1. The van der Waals surface area contributed by atoms with Gasteiger partial charge in [0, 0.05) is 25.7 Å². The Labute approximate surface area is 112 Å². The summed E-state index contributed by atoms with van der Waals surface area (Å²) in [6.07, 6.45) is 2.22. The second-order valence-electron chi connectivity index (χ2n) is 4.63. The van der Waals surface area contributed by atoms with Crippen molar-refractivity contribution in [2.24, 2.45) is 5.92 Å². The number of halogens is 1. The van der Waals surface area contributed by atoms with E-state index in [-0.39, 0.29) is 5.91 Å². The van der Waals surface area contributed by atoms with Gasteiger partial charge in [-0.05, 0) is 24.5 Å². The lowest BCUT2D eigenvalue weighted by atomic mass is 10.1. The molecule has 1 unspecified atom stereocenters. The number of nitrogens with one attached hydrogen (secondary N) is 1. The first-order valence-electron chi connectivity index (χ1n) is 6.28. The van der Waals surface area contributed by atoms with Crippen LogP contribution in [0.2, 0.25) is 5.15 Å². The molecule has 0 bridgehead atoms. The minimum absolute atomic E-state index is 0.0479. The quantitative estimate of drug-likeness (QED) is 0.857. The van der Waals surface area contributed by atoms with Gasteiger partial charge in [0.25, 0.3) is 5.91 Å². The van der Waals surface area contributed by atoms with Crippen molar-refractivity contribution in [1.29, 1.82) is 0 Å². The Morgan fingerprint density at radius 2 is 2.39 bits per heavy atom. The van der Waals surface area contributed by atoms with Crippen molar-refractivity contribution in [2.45, 2.75) is 19.8 Å². The van der Waals surface area contributed by atoms with Gasteiger partial charge in [0.15, 0.2) is 0 Å². The van der Waals surface area contributed by atoms with Crippen molar-refractivity contribution in [2.75, 3.05) is 25.5 Å².